The molecule has 1 saturated heterocycles. The van der Waals surface area contributed by atoms with Crippen LogP contribution < -0.4 is 5.32 Å². The molecule has 6 heteroatoms. The first kappa shape index (κ1) is 13.4. The van der Waals surface area contributed by atoms with E-state index in [1.807, 2.05) is 6.07 Å². The SMILES string of the molecule is COC(=O)CN1C[C@@H](C)[C@@H](Nc2cc(C3CC3)on2)C1. The Morgan fingerprint density at radius 2 is 2.35 bits per heavy atom. The number of aromatic nitrogens is 1. The molecule has 1 N–H and O–H groups in total. The fourth-order valence-corrected chi connectivity index (χ4v) is 2.74. The topological polar surface area (TPSA) is 67.6 Å². The molecule has 1 aliphatic heterocycles. The van der Waals surface area contributed by atoms with E-state index in [4.69, 9.17) is 9.26 Å². The van der Waals surface area contributed by atoms with Crippen LogP contribution in [0.1, 0.15) is 31.4 Å². The number of likely N-dealkylation sites (tertiary alicyclic amines) is 1. The second-order valence-electron chi connectivity index (χ2n) is 5.89. The summed E-state index contributed by atoms with van der Waals surface area (Å²) in [6.45, 7) is 4.24. The van der Waals surface area contributed by atoms with Crippen LogP contribution in [-0.2, 0) is 9.53 Å². The van der Waals surface area contributed by atoms with Crippen molar-refractivity contribution in [2.75, 3.05) is 32.1 Å². The molecule has 2 fully saturated rings. The molecule has 0 bridgehead atoms. The van der Waals surface area contributed by atoms with Gasteiger partial charge in [-0.1, -0.05) is 12.1 Å². The van der Waals surface area contributed by atoms with Crippen LogP contribution in [0.2, 0.25) is 0 Å². The summed E-state index contributed by atoms with van der Waals surface area (Å²) < 4.78 is 10.1. The normalized spacial score (nSPS) is 26.7. The molecule has 1 saturated carbocycles. The van der Waals surface area contributed by atoms with Crippen molar-refractivity contribution in [3.63, 3.8) is 0 Å². The average molecular weight is 279 g/mol. The van der Waals surface area contributed by atoms with Gasteiger partial charge in [0.15, 0.2) is 5.82 Å². The molecule has 6 nitrogen and oxygen atoms in total. The minimum absolute atomic E-state index is 0.185. The molecule has 0 unspecified atom stereocenters. The summed E-state index contributed by atoms with van der Waals surface area (Å²) in [6, 6.07) is 2.30. The zero-order chi connectivity index (χ0) is 14.1. The Bertz CT molecular complexity index is 484. The van der Waals surface area contributed by atoms with Crippen LogP contribution >= 0.6 is 0 Å². The van der Waals surface area contributed by atoms with Gasteiger partial charge in [-0.3, -0.25) is 9.69 Å². The number of ether oxygens (including phenoxy) is 1. The number of methoxy groups -OCH3 is 1. The summed E-state index contributed by atoms with van der Waals surface area (Å²) in [5.74, 6) is 2.65. The number of anilines is 1. The van der Waals surface area contributed by atoms with Crippen molar-refractivity contribution in [2.24, 2.45) is 5.92 Å². The predicted molar refractivity (Wildman–Crippen MR) is 73.5 cm³/mol. The van der Waals surface area contributed by atoms with Gasteiger partial charge in [-0.25, -0.2) is 0 Å². The molecule has 0 radical (unpaired) electrons. The molecule has 110 valence electrons. The summed E-state index contributed by atoms with van der Waals surface area (Å²) >= 11 is 0. The molecule has 1 aromatic rings. The summed E-state index contributed by atoms with van der Waals surface area (Å²) in [6.07, 6.45) is 2.42. The van der Waals surface area contributed by atoms with E-state index in [1.165, 1.54) is 20.0 Å². The minimum atomic E-state index is -0.185. The lowest BCUT2D eigenvalue weighted by molar-refractivity contribution is -0.141. The Balaban J connectivity index is 1.55. The van der Waals surface area contributed by atoms with Gasteiger partial charge in [0, 0.05) is 31.1 Å². The van der Waals surface area contributed by atoms with Crippen LogP contribution in [0.4, 0.5) is 5.82 Å². The number of carbonyl (C=O) groups excluding carboxylic acids is 1. The van der Waals surface area contributed by atoms with E-state index in [-0.39, 0.29) is 12.0 Å². The van der Waals surface area contributed by atoms with Crippen LogP contribution in [-0.4, -0.2) is 48.8 Å². The van der Waals surface area contributed by atoms with Crippen molar-refractivity contribution < 1.29 is 14.1 Å². The molecule has 2 aliphatic rings. The third kappa shape index (κ3) is 2.95. The monoisotopic (exact) mass is 279 g/mol. The van der Waals surface area contributed by atoms with Crippen LogP contribution in [0, 0.1) is 5.92 Å². The highest BCUT2D eigenvalue weighted by Crippen LogP contribution is 2.40. The Morgan fingerprint density at radius 1 is 1.55 bits per heavy atom. The first-order valence-electron chi connectivity index (χ1n) is 7.18. The fraction of sp³-hybridized carbons (Fsp3) is 0.714. The van der Waals surface area contributed by atoms with Crippen molar-refractivity contribution in [1.82, 2.24) is 10.1 Å². The molecule has 0 aromatic carbocycles. The highest BCUT2D eigenvalue weighted by Gasteiger charge is 2.32. The van der Waals surface area contributed by atoms with E-state index < -0.39 is 0 Å². The van der Waals surface area contributed by atoms with E-state index >= 15 is 0 Å². The second-order valence-corrected chi connectivity index (χ2v) is 5.89. The van der Waals surface area contributed by atoms with Gasteiger partial charge in [0.25, 0.3) is 0 Å². The van der Waals surface area contributed by atoms with Crippen LogP contribution in [0.15, 0.2) is 10.6 Å². The lowest BCUT2D eigenvalue weighted by Crippen LogP contribution is -2.31. The summed E-state index contributed by atoms with van der Waals surface area (Å²) in [4.78, 5) is 13.4. The lowest BCUT2D eigenvalue weighted by atomic mass is 10.1. The molecule has 2 atom stereocenters. The zero-order valence-electron chi connectivity index (χ0n) is 12.0. The molecular formula is C14H21N3O3. The largest absolute Gasteiger partial charge is 0.468 e. The molecule has 2 heterocycles. The van der Waals surface area contributed by atoms with Gasteiger partial charge in [0.05, 0.1) is 13.7 Å². The van der Waals surface area contributed by atoms with E-state index in [2.05, 4.69) is 22.3 Å². The van der Waals surface area contributed by atoms with Gasteiger partial charge in [0.1, 0.15) is 5.76 Å². The maximum absolute atomic E-state index is 11.3. The van der Waals surface area contributed by atoms with E-state index in [0.29, 0.717) is 18.4 Å². The smallest absolute Gasteiger partial charge is 0.319 e. The van der Waals surface area contributed by atoms with Crippen LogP contribution in [0.25, 0.3) is 0 Å². The molecular weight excluding hydrogens is 258 g/mol. The van der Waals surface area contributed by atoms with Crippen molar-refractivity contribution in [1.29, 1.82) is 0 Å². The molecule has 1 aromatic heterocycles. The predicted octanol–water partition coefficient (Wildman–Crippen LogP) is 1.46. The Labute approximate surface area is 118 Å². The average Bonchev–Trinajstić information content (AvgIpc) is 3.09. The summed E-state index contributed by atoms with van der Waals surface area (Å²) in [7, 11) is 1.42. The van der Waals surface area contributed by atoms with Gasteiger partial charge in [-0.15, -0.1) is 0 Å². The first-order chi connectivity index (χ1) is 9.65. The molecule has 20 heavy (non-hydrogen) atoms. The van der Waals surface area contributed by atoms with Crippen molar-refractivity contribution in [3.8, 4) is 0 Å². The van der Waals surface area contributed by atoms with E-state index in [9.17, 15) is 4.79 Å². The highest BCUT2D eigenvalue weighted by atomic mass is 16.5. The highest BCUT2D eigenvalue weighted by molar-refractivity contribution is 5.71. The van der Waals surface area contributed by atoms with Gasteiger partial charge >= 0.3 is 5.97 Å². The number of nitrogens with zero attached hydrogens (tertiary/aromatic N) is 2. The Hall–Kier alpha value is -1.56. The number of rotatable bonds is 5. The maximum Gasteiger partial charge on any atom is 0.319 e. The third-order valence-corrected chi connectivity index (χ3v) is 4.11. The third-order valence-electron chi connectivity index (χ3n) is 4.11. The second kappa shape index (κ2) is 5.44. The summed E-state index contributed by atoms with van der Waals surface area (Å²) in [5, 5.41) is 7.50. The summed E-state index contributed by atoms with van der Waals surface area (Å²) in [5.41, 5.74) is 0. The molecule has 3 rings (SSSR count). The lowest BCUT2D eigenvalue weighted by Gasteiger charge is -2.15. The van der Waals surface area contributed by atoms with Gasteiger partial charge in [-0.05, 0) is 18.8 Å². The van der Waals surface area contributed by atoms with Crippen molar-refractivity contribution >= 4 is 11.8 Å². The first-order valence-corrected chi connectivity index (χ1v) is 7.18. The number of esters is 1. The van der Waals surface area contributed by atoms with Gasteiger partial charge < -0.3 is 14.6 Å². The Morgan fingerprint density at radius 3 is 3.05 bits per heavy atom. The van der Waals surface area contributed by atoms with E-state index in [1.54, 1.807) is 0 Å². The van der Waals surface area contributed by atoms with Crippen LogP contribution in [0.3, 0.4) is 0 Å². The number of hydrogen-bond acceptors (Lipinski definition) is 6. The number of hydrogen-bond donors (Lipinski definition) is 1. The molecule has 0 amide bonds. The standard InChI is InChI=1S/C14H21N3O3/c1-9-6-17(8-14(18)19-2)7-11(9)15-13-5-12(20-16-13)10-3-4-10/h5,9-11H,3-4,6-8H2,1-2H3,(H,15,16)/t9-,11+/m1/s1. The molecule has 1 aliphatic carbocycles. The number of nitrogens with one attached hydrogen (secondary N) is 1. The zero-order valence-corrected chi connectivity index (χ0v) is 12.0. The van der Waals surface area contributed by atoms with Crippen molar-refractivity contribution in [2.45, 2.75) is 31.7 Å². The Kier molecular flexibility index (Phi) is 3.65. The number of carbonyl (C=O) groups is 1. The van der Waals surface area contributed by atoms with Gasteiger partial charge in [0.2, 0.25) is 0 Å². The minimum Gasteiger partial charge on any atom is -0.468 e. The fourth-order valence-electron chi connectivity index (χ4n) is 2.74. The maximum atomic E-state index is 11.3. The molecule has 0 spiro atoms. The van der Waals surface area contributed by atoms with Crippen LogP contribution in [0.5, 0.6) is 0 Å². The van der Waals surface area contributed by atoms with Gasteiger partial charge in [-0.2, -0.15) is 0 Å². The van der Waals surface area contributed by atoms with E-state index in [0.717, 1.165) is 24.7 Å². The quantitative estimate of drug-likeness (QED) is 0.823. The van der Waals surface area contributed by atoms with Crippen molar-refractivity contribution in [3.05, 3.63) is 11.8 Å².